The minimum atomic E-state index is -0.727. The molecule has 0 unspecified atom stereocenters. The zero-order valence-electron chi connectivity index (χ0n) is 16.3. The Balaban J connectivity index is 1.61. The lowest BCUT2D eigenvalue weighted by molar-refractivity contribution is -0.121. The molecule has 0 aromatic heterocycles. The van der Waals surface area contributed by atoms with E-state index in [-0.39, 0.29) is 19.1 Å². The van der Waals surface area contributed by atoms with Gasteiger partial charge in [0.05, 0.1) is 5.54 Å². The van der Waals surface area contributed by atoms with Crippen LogP contribution in [0.2, 0.25) is 0 Å². The molecule has 5 nitrogen and oxygen atoms in total. The van der Waals surface area contributed by atoms with Crippen molar-refractivity contribution in [2.24, 2.45) is 0 Å². The first kappa shape index (κ1) is 20.1. The van der Waals surface area contributed by atoms with Gasteiger partial charge in [-0.1, -0.05) is 91.0 Å². The first-order chi connectivity index (χ1) is 14.1. The van der Waals surface area contributed by atoms with E-state index in [2.05, 4.69) is 10.6 Å². The van der Waals surface area contributed by atoms with Crippen molar-refractivity contribution in [2.45, 2.75) is 19.1 Å². The third kappa shape index (κ3) is 5.45. The van der Waals surface area contributed by atoms with Crippen LogP contribution >= 0.6 is 0 Å². The molecule has 0 heterocycles. The first-order valence-corrected chi connectivity index (χ1v) is 9.44. The molecule has 29 heavy (non-hydrogen) atoms. The molecule has 0 bridgehead atoms. The van der Waals surface area contributed by atoms with Gasteiger partial charge in [0.15, 0.2) is 0 Å². The van der Waals surface area contributed by atoms with E-state index in [0.717, 1.165) is 16.7 Å². The number of alkyl carbamates (subject to hydrolysis) is 1. The molecule has 3 aromatic carbocycles. The molecule has 148 valence electrons. The standard InChI is InChI=1S/C24H24N2O3/c1-24(20-13-7-3-8-14-20,21-15-9-4-10-16-21)26-22(27)17-25-23(28)29-18-19-11-5-2-6-12-19/h2-16H,17-18H2,1H3,(H,25,28)(H,26,27). The molecule has 5 heteroatoms. The van der Waals surface area contributed by atoms with Crippen LogP contribution in [0, 0.1) is 0 Å². The Kier molecular flexibility index (Phi) is 6.63. The van der Waals surface area contributed by atoms with Gasteiger partial charge in [-0.25, -0.2) is 4.79 Å². The summed E-state index contributed by atoms with van der Waals surface area (Å²) in [4.78, 5) is 24.5. The highest BCUT2D eigenvalue weighted by molar-refractivity contribution is 5.83. The van der Waals surface area contributed by atoms with Crippen LogP contribution in [0.15, 0.2) is 91.0 Å². The summed E-state index contributed by atoms with van der Waals surface area (Å²) in [6, 6.07) is 28.8. The number of nitrogens with one attached hydrogen (secondary N) is 2. The second-order valence-corrected chi connectivity index (χ2v) is 6.82. The molecule has 2 N–H and O–H groups in total. The maximum Gasteiger partial charge on any atom is 0.407 e. The molecule has 0 saturated carbocycles. The normalized spacial score (nSPS) is 10.8. The third-order valence-electron chi connectivity index (χ3n) is 4.70. The second kappa shape index (κ2) is 9.55. The lowest BCUT2D eigenvalue weighted by atomic mass is 9.84. The van der Waals surface area contributed by atoms with E-state index in [1.165, 1.54) is 0 Å². The molecule has 3 aromatic rings. The predicted octanol–water partition coefficient (Wildman–Crippen LogP) is 3.99. The number of amides is 2. The van der Waals surface area contributed by atoms with Crippen molar-refractivity contribution in [2.75, 3.05) is 6.54 Å². The van der Waals surface area contributed by atoms with Crippen LogP contribution in [0.1, 0.15) is 23.6 Å². The van der Waals surface area contributed by atoms with Crippen molar-refractivity contribution in [1.82, 2.24) is 10.6 Å². The van der Waals surface area contributed by atoms with Crippen molar-refractivity contribution >= 4 is 12.0 Å². The van der Waals surface area contributed by atoms with Gasteiger partial charge in [0, 0.05) is 0 Å². The molecular formula is C24H24N2O3. The summed E-state index contributed by atoms with van der Waals surface area (Å²) < 4.78 is 5.15. The van der Waals surface area contributed by atoms with Gasteiger partial charge in [-0.2, -0.15) is 0 Å². The summed E-state index contributed by atoms with van der Waals surface area (Å²) in [7, 11) is 0. The van der Waals surface area contributed by atoms with E-state index in [9.17, 15) is 9.59 Å². The van der Waals surface area contributed by atoms with Crippen LogP contribution in [0.4, 0.5) is 4.79 Å². The number of benzene rings is 3. The number of carbonyl (C=O) groups excluding carboxylic acids is 2. The van der Waals surface area contributed by atoms with Crippen LogP contribution in [0.5, 0.6) is 0 Å². The maximum absolute atomic E-state index is 12.6. The van der Waals surface area contributed by atoms with Crippen LogP contribution in [0.3, 0.4) is 0 Å². The Morgan fingerprint density at radius 1 is 0.793 bits per heavy atom. The zero-order chi connectivity index (χ0) is 20.5. The Morgan fingerprint density at radius 2 is 1.28 bits per heavy atom. The number of carbonyl (C=O) groups is 2. The second-order valence-electron chi connectivity index (χ2n) is 6.82. The largest absolute Gasteiger partial charge is 0.445 e. The smallest absolute Gasteiger partial charge is 0.407 e. The van der Waals surface area contributed by atoms with Crippen LogP contribution in [-0.4, -0.2) is 18.5 Å². The fourth-order valence-corrected chi connectivity index (χ4v) is 3.10. The van der Waals surface area contributed by atoms with Crippen LogP contribution in [0.25, 0.3) is 0 Å². The average molecular weight is 388 g/mol. The van der Waals surface area contributed by atoms with Crippen molar-refractivity contribution in [3.05, 3.63) is 108 Å². The van der Waals surface area contributed by atoms with E-state index < -0.39 is 11.6 Å². The number of hydrogen-bond acceptors (Lipinski definition) is 3. The summed E-state index contributed by atoms with van der Waals surface area (Å²) in [6.45, 7) is 1.92. The molecule has 0 aliphatic heterocycles. The highest BCUT2D eigenvalue weighted by Crippen LogP contribution is 2.28. The monoisotopic (exact) mass is 388 g/mol. The van der Waals surface area contributed by atoms with Crippen molar-refractivity contribution in [1.29, 1.82) is 0 Å². The highest BCUT2D eigenvalue weighted by atomic mass is 16.5. The SMILES string of the molecule is CC(NC(=O)CNC(=O)OCc1ccccc1)(c1ccccc1)c1ccccc1. The molecule has 0 saturated heterocycles. The first-order valence-electron chi connectivity index (χ1n) is 9.44. The molecular weight excluding hydrogens is 364 g/mol. The predicted molar refractivity (Wildman–Crippen MR) is 112 cm³/mol. The molecule has 3 rings (SSSR count). The van der Waals surface area contributed by atoms with E-state index in [0.29, 0.717) is 0 Å². The topological polar surface area (TPSA) is 67.4 Å². The highest BCUT2D eigenvalue weighted by Gasteiger charge is 2.30. The van der Waals surface area contributed by atoms with Gasteiger partial charge in [0.2, 0.25) is 5.91 Å². The summed E-state index contributed by atoms with van der Waals surface area (Å²) >= 11 is 0. The van der Waals surface area contributed by atoms with Crippen molar-refractivity contribution in [3.8, 4) is 0 Å². The minimum Gasteiger partial charge on any atom is -0.445 e. The van der Waals surface area contributed by atoms with Crippen LogP contribution in [-0.2, 0) is 21.7 Å². The Labute approximate surface area is 170 Å². The van der Waals surface area contributed by atoms with Crippen LogP contribution < -0.4 is 10.6 Å². The molecule has 0 spiro atoms. The molecule has 0 aliphatic rings. The van der Waals surface area contributed by atoms with Gasteiger partial charge in [0.1, 0.15) is 13.2 Å². The van der Waals surface area contributed by atoms with E-state index in [1.807, 2.05) is 97.9 Å². The van der Waals surface area contributed by atoms with E-state index >= 15 is 0 Å². The van der Waals surface area contributed by atoms with Gasteiger partial charge in [-0.15, -0.1) is 0 Å². The Hall–Kier alpha value is -3.60. The minimum absolute atomic E-state index is 0.153. The van der Waals surface area contributed by atoms with Gasteiger partial charge in [-0.05, 0) is 23.6 Å². The fraction of sp³-hybridized carbons (Fsp3) is 0.167. The van der Waals surface area contributed by atoms with Gasteiger partial charge < -0.3 is 15.4 Å². The number of ether oxygens (including phenoxy) is 1. The van der Waals surface area contributed by atoms with Crippen molar-refractivity contribution in [3.63, 3.8) is 0 Å². The lowest BCUT2D eigenvalue weighted by Crippen LogP contribution is -2.48. The number of hydrogen-bond donors (Lipinski definition) is 2. The molecule has 2 amide bonds. The molecule has 0 aliphatic carbocycles. The third-order valence-corrected chi connectivity index (χ3v) is 4.70. The quantitative estimate of drug-likeness (QED) is 0.643. The summed E-state index contributed by atoms with van der Waals surface area (Å²) in [5.74, 6) is -0.308. The molecule has 0 fully saturated rings. The molecule has 0 atom stereocenters. The summed E-state index contributed by atoms with van der Waals surface area (Å²) in [5, 5.41) is 5.55. The van der Waals surface area contributed by atoms with Crippen molar-refractivity contribution < 1.29 is 14.3 Å². The van der Waals surface area contributed by atoms with Gasteiger partial charge in [0.25, 0.3) is 0 Å². The zero-order valence-corrected chi connectivity index (χ0v) is 16.3. The Morgan fingerprint density at radius 3 is 1.79 bits per heavy atom. The van der Waals surface area contributed by atoms with E-state index in [1.54, 1.807) is 0 Å². The lowest BCUT2D eigenvalue weighted by Gasteiger charge is -2.32. The van der Waals surface area contributed by atoms with E-state index in [4.69, 9.17) is 4.74 Å². The molecule has 0 radical (unpaired) electrons. The summed E-state index contributed by atoms with van der Waals surface area (Å²) in [5.41, 5.74) is 2.06. The van der Waals surface area contributed by atoms with Gasteiger partial charge >= 0.3 is 6.09 Å². The Bertz CT molecular complexity index is 889. The average Bonchev–Trinajstić information content (AvgIpc) is 2.78. The summed E-state index contributed by atoms with van der Waals surface area (Å²) in [6.07, 6.45) is -0.634. The maximum atomic E-state index is 12.6. The van der Waals surface area contributed by atoms with Gasteiger partial charge in [-0.3, -0.25) is 4.79 Å². The number of rotatable bonds is 7. The fourth-order valence-electron chi connectivity index (χ4n) is 3.10.